The molecule has 0 radical (unpaired) electrons. The summed E-state index contributed by atoms with van der Waals surface area (Å²) in [5, 5.41) is 14.9. The van der Waals surface area contributed by atoms with Gasteiger partial charge in [-0.3, -0.25) is 0 Å². The van der Waals surface area contributed by atoms with Crippen LogP contribution < -0.4 is 0 Å². The second-order valence-electron chi connectivity index (χ2n) is 6.16. The normalized spacial score (nSPS) is 30.5. The van der Waals surface area contributed by atoms with Crippen molar-refractivity contribution in [2.75, 3.05) is 0 Å². The predicted molar refractivity (Wildman–Crippen MR) is 74.2 cm³/mol. The van der Waals surface area contributed by atoms with Crippen LogP contribution >= 0.6 is 11.3 Å². The van der Waals surface area contributed by atoms with Crippen molar-refractivity contribution in [2.24, 2.45) is 11.3 Å². The first-order chi connectivity index (χ1) is 7.98. The van der Waals surface area contributed by atoms with Crippen molar-refractivity contribution in [1.82, 2.24) is 0 Å². The van der Waals surface area contributed by atoms with E-state index in [0.29, 0.717) is 5.41 Å². The second-order valence-corrected chi connectivity index (χ2v) is 6.94. The highest BCUT2D eigenvalue weighted by Gasteiger charge is 2.39. The van der Waals surface area contributed by atoms with Crippen LogP contribution in [0.5, 0.6) is 0 Å². The molecule has 2 rings (SSSR count). The third kappa shape index (κ3) is 2.58. The largest absolute Gasteiger partial charge is 0.385 e. The number of hydrogen-bond donors (Lipinski definition) is 1. The maximum atomic E-state index is 10.7. The molecule has 96 valence electrons. The molecule has 0 aromatic carbocycles. The lowest BCUT2D eigenvalue weighted by Crippen LogP contribution is -2.35. The Hall–Kier alpha value is -0.340. The molecule has 1 aromatic heterocycles. The van der Waals surface area contributed by atoms with E-state index in [9.17, 15) is 5.11 Å². The first kappa shape index (κ1) is 13.1. The summed E-state index contributed by atoms with van der Waals surface area (Å²) < 4.78 is 0. The molecular weight excluding hydrogens is 228 g/mol. The molecule has 0 bridgehead atoms. The molecule has 0 aliphatic heterocycles. The van der Waals surface area contributed by atoms with Crippen molar-refractivity contribution in [3.8, 4) is 0 Å². The lowest BCUT2D eigenvalue weighted by atomic mass is 9.65. The topological polar surface area (TPSA) is 20.2 Å². The Labute approximate surface area is 109 Å². The van der Waals surface area contributed by atoms with Crippen LogP contribution in [0.25, 0.3) is 0 Å². The van der Waals surface area contributed by atoms with Gasteiger partial charge < -0.3 is 5.11 Å². The molecule has 1 heterocycles. The molecule has 0 saturated heterocycles. The van der Waals surface area contributed by atoms with Crippen LogP contribution in [0.1, 0.15) is 58.4 Å². The molecule has 17 heavy (non-hydrogen) atoms. The van der Waals surface area contributed by atoms with E-state index in [2.05, 4.69) is 37.6 Å². The number of aliphatic hydroxyl groups is 1. The van der Waals surface area contributed by atoms with Crippen LogP contribution in [0.4, 0.5) is 0 Å². The summed E-state index contributed by atoms with van der Waals surface area (Å²) in [5.41, 5.74) is 1.02. The Morgan fingerprint density at radius 2 is 2.06 bits per heavy atom. The Morgan fingerprint density at radius 3 is 2.53 bits per heavy atom. The summed E-state index contributed by atoms with van der Waals surface area (Å²) in [6, 6.07) is 2.08. The van der Waals surface area contributed by atoms with Crippen molar-refractivity contribution < 1.29 is 5.11 Å². The van der Waals surface area contributed by atoms with E-state index in [-0.39, 0.29) is 0 Å². The van der Waals surface area contributed by atoms with Gasteiger partial charge in [-0.15, -0.1) is 0 Å². The number of thiophene rings is 1. The highest BCUT2D eigenvalue weighted by atomic mass is 32.1. The first-order valence-electron chi connectivity index (χ1n) is 6.73. The third-order valence-corrected chi connectivity index (χ3v) is 5.57. The van der Waals surface area contributed by atoms with Gasteiger partial charge in [0.05, 0.1) is 5.60 Å². The minimum absolute atomic E-state index is 0.427. The smallest absolute Gasteiger partial charge is 0.0904 e. The fourth-order valence-corrected chi connectivity index (χ4v) is 3.73. The Kier molecular flexibility index (Phi) is 3.65. The van der Waals surface area contributed by atoms with E-state index in [0.717, 1.165) is 37.2 Å². The molecule has 2 heteroatoms. The molecule has 1 aliphatic rings. The van der Waals surface area contributed by atoms with Crippen LogP contribution in [-0.4, -0.2) is 5.11 Å². The first-order valence-corrected chi connectivity index (χ1v) is 7.67. The summed E-state index contributed by atoms with van der Waals surface area (Å²) in [6.45, 7) is 7.01. The van der Waals surface area contributed by atoms with E-state index >= 15 is 0 Å². The summed E-state index contributed by atoms with van der Waals surface area (Å²) in [4.78, 5) is 0. The zero-order valence-corrected chi connectivity index (χ0v) is 12.0. The van der Waals surface area contributed by atoms with Crippen LogP contribution in [0.2, 0.25) is 0 Å². The van der Waals surface area contributed by atoms with E-state index < -0.39 is 5.60 Å². The maximum absolute atomic E-state index is 10.7. The molecular formula is C15H24OS. The standard InChI is InChI=1S/C15H24OS/c1-4-14(2,3)12-5-8-15(16,9-6-12)13-7-10-17-11-13/h7,10-12,16H,4-6,8-9H2,1-3H3. The van der Waals surface area contributed by atoms with Crippen molar-refractivity contribution in [1.29, 1.82) is 0 Å². The SMILES string of the molecule is CCC(C)(C)C1CCC(O)(c2ccsc2)CC1. The van der Waals surface area contributed by atoms with Gasteiger partial charge in [-0.2, -0.15) is 11.3 Å². The summed E-state index contributed by atoms with van der Waals surface area (Å²) in [7, 11) is 0. The van der Waals surface area contributed by atoms with Crippen LogP contribution in [0.3, 0.4) is 0 Å². The molecule has 1 saturated carbocycles. The maximum Gasteiger partial charge on any atom is 0.0904 e. The van der Waals surface area contributed by atoms with E-state index in [1.54, 1.807) is 11.3 Å². The van der Waals surface area contributed by atoms with Gasteiger partial charge in [-0.1, -0.05) is 27.2 Å². The zero-order chi connectivity index (χ0) is 12.5. The highest BCUT2D eigenvalue weighted by Crippen LogP contribution is 2.46. The quantitative estimate of drug-likeness (QED) is 0.836. The molecule has 1 fully saturated rings. The Balaban J connectivity index is 2.03. The predicted octanol–water partition coefficient (Wildman–Crippen LogP) is 4.56. The van der Waals surface area contributed by atoms with Crippen LogP contribution in [0, 0.1) is 11.3 Å². The molecule has 0 unspecified atom stereocenters. The molecule has 1 N–H and O–H groups in total. The molecule has 1 aliphatic carbocycles. The fourth-order valence-electron chi connectivity index (χ4n) is 2.98. The van der Waals surface area contributed by atoms with Crippen molar-refractivity contribution in [3.05, 3.63) is 22.4 Å². The Morgan fingerprint density at radius 1 is 1.41 bits per heavy atom. The minimum Gasteiger partial charge on any atom is -0.385 e. The van der Waals surface area contributed by atoms with E-state index in [1.807, 2.05) is 0 Å². The lowest BCUT2D eigenvalue weighted by Gasteiger charge is -2.42. The number of hydrogen-bond acceptors (Lipinski definition) is 2. The zero-order valence-electron chi connectivity index (χ0n) is 11.2. The van der Waals surface area contributed by atoms with Crippen LogP contribution in [0.15, 0.2) is 16.8 Å². The van der Waals surface area contributed by atoms with Crippen molar-refractivity contribution >= 4 is 11.3 Å². The molecule has 0 atom stereocenters. The van der Waals surface area contributed by atoms with Gasteiger partial charge >= 0.3 is 0 Å². The van der Waals surface area contributed by atoms with E-state index in [1.165, 1.54) is 6.42 Å². The molecule has 1 aromatic rings. The van der Waals surface area contributed by atoms with Gasteiger partial charge in [0, 0.05) is 0 Å². The van der Waals surface area contributed by atoms with Gasteiger partial charge in [0.25, 0.3) is 0 Å². The van der Waals surface area contributed by atoms with E-state index in [4.69, 9.17) is 0 Å². The van der Waals surface area contributed by atoms with Gasteiger partial charge in [0.1, 0.15) is 0 Å². The number of rotatable bonds is 3. The van der Waals surface area contributed by atoms with Crippen molar-refractivity contribution in [3.63, 3.8) is 0 Å². The molecule has 0 amide bonds. The van der Waals surface area contributed by atoms with Crippen molar-refractivity contribution in [2.45, 2.75) is 58.5 Å². The lowest BCUT2D eigenvalue weighted by molar-refractivity contribution is -0.0325. The summed E-state index contributed by atoms with van der Waals surface area (Å²) in [5.74, 6) is 0.770. The summed E-state index contributed by atoms with van der Waals surface area (Å²) >= 11 is 1.68. The molecule has 0 spiro atoms. The monoisotopic (exact) mass is 252 g/mol. The fraction of sp³-hybridized carbons (Fsp3) is 0.733. The average Bonchev–Trinajstić information content (AvgIpc) is 2.84. The summed E-state index contributed by atoms with van der Waals surface area (Å²) in [6.07, 6.45) is 5.41. The second kappa shape index (κ2) is 4.74. The third-order valence-electron chi connectivity index (χ3n) is 4.89. The van der Waals surface area contributed by atoms with Gasteiger partial charge in [0.15, 0.2) is 0 Å². The average molecular weight is 252 g/mol. The van der Waals surface area contributed by atoms with Gasteiger partial charge in [0.2, 0.25) is 0 Å². The van der Waals surface area contributed by atoms with Gasteiger partial charge in [-0.25, -0.2) is 0 Å². The minimum atomic E-state index is -0.541. The van der Waals surface area contributed by atoms with Crippen LogP contribution in [-0.2, 0) is 5.60 Å². The van der Waals surface area contributed by atoms with Gasteiger partial charge in [-0.05, 0) is 59.4 Å². The Bertz CT molecular complexity index is 345. The highest BCUT2D eigenvalue weighted by molar-refractivity contribution is 7.08. The molecule has 1 nitrogen and oxygen atoms in total.